The van der Waals surface area contributed by atoms with Gasteiger partial charge in [-0.3, -0.25) is 10.2 Å². The minimum Gasteiger partial charge on any atom is -0.479 e. The van der Waals surface area contributed by atoms with Crippen LogP contribution in [0.2, 0.25) is 0 Å². The van der Waals surface area contributed by atoms with Gasteiger partial charge in [-0.15, -0.1) is 5.10 Å². The summed E-state index contributed by atoms with van der Waals surface area (Å²) in [6, 6.07) is 13.8. The summed E-state index contributed by atoms with van der Waals surface area (Å²) in [6.45, 7) is 2.11. The minimum atomic E-state index is -0.941. The molecule has 0 saturated carbocycles. The highest BCUT2D eigenvalue weighted by Crippen LogP contribution is 2.30. The summed E-state index contributed by atoms with van der Waals surface area (Å²) in [5, 5.41) is 19.7. The van der Waals surface area contributed by atoms with Crippen molar-refractivity contribution in [3.63, 3.8) is 0 Å². The molecule has 2 atom stereocenters. The van der Waals surface area contributed by atoms with Gasteiger partial charge in [-0.2, -0.15) is 5.26 Å². The fraction of sp³-hybridized carbons (Fsp3) is 0.320. The van der Waals surface area contributed by atoms with Crippen molar-refractivity contribution >= 4 is 11.8 Å². The summed E-state index contributed by atoms with van der Waals surface area (Å²) in [6.07, 6.45) is 0. The molecule has 2 heterocycles. The lowest BCUT2D eigenvalue weighted by atomic mass is 9.94. The molecule has 0 bridgehead atoms. The van der Waals surface area contributed by atoms with Gasteiger partial charge in [0.25, 0.3) is 5.88 Å². The summed E-state index contributed by atoms with van der Waals surface area (Å²) in [7, 11) is 2.99. The van der Waals surface area contributed by atoms with Crippen molar-refractivity contribution in [2.24, 2.45) is 0 Å². The van der Waals surface area contributed by atoms with Crippen LogP contribution >= 0.6 is 0 Å². The number of urea groups is 1. The zero-order valence-corrected chi connectivity index (χ0v) is 19.9. The third-order valence-electron chi connectivity index (χ3n) is 6.09. The fourth-order valence-electron chi connectivity index (χ4n) is 4.34. The molecule has 9 nitrogen and oxygen atoms in total. The van der Waals surface area contributed by atoms with Gasteiger partial charge >= 0.3 is 6.03 Å². The lowest BCUT2D eigenvalue weighted by Crippen LogP contribution is -2.42. The number of methoxy groups -OCH3 is 2. The lowest BCUT2D eigenvalue weighted by molar-refractivity contribution is 0.159. The zero-order chi connectivity index (χ0) is 25.7. The van der Waals surface area contributed by atoms with Gasteiger partial charge in [0.05, 0.1) is 25.4 Å². The molecular weight excluding hydrogens is 470 g/mol. The first-order chi connectivity index (χ1) is 17.4. The molecule has 1 aliphatic rings. The first-order valence-corrected chi connectivity index (χ1v) is 11.3. The fourth-order valence-corrected chi connectivity index (χ4v) is 4.34. The molecule has 0 aliphatic carbocycles. The lowest BCUT2D eigenvalue weighted by Gasteiger charge is -2.21. The predicted molar refractivity (Wildman–Crippen MR) is 128 cm³/mol. The number of carbonyl (C=O) groups excluding carboxylic acids is 1. The van der Waals surface area contributed by atoms with Crippen LogP contribution in [0.15, 0.2) is 48.5 Å². The second kappa shape index (κ2) is 11.2. The van der Waals surface area contributed by atoms with Crippen LogP contribution in [0, 0.1) is 23.0 Å². The predicted octanol–water partition coefficient (Wildman–Crippen LogP) is 3.27. The number of para-hydroxylation sites is 1. The first-order valence-electron chi connectivity index (χ1n) is 11.3. The second-order valence-electron chi connectivity index (χ2n) is 8.33. The number of likely N-dealkylation sites (tertiary alicyclic amines) is 1. The molecule has 188 valence electrons. The smallest absolute Gasteiger partial charge is 0.320 e. The van der Waals surface area contributed by atoms with Gasteiger partial charge < -0.3 is 14.8 Å². The molecule has 2 amide bonds. The molecule has 11 heteroatoms. The highest BCUT2D eigenvalue weighted by molar-refractivity contribution is 5.91. The van der Waals surface area contributed by atoms with Crippen molar-refractivity contribution in [3.8, 4) is 17.6 Å². The molecule has 0 spiro atoms. The number of amides is 2. The standard InChI is InChI=1S/C25H26F2N6O3/c1-35-11-10-32-14-19(16-8-9-20(26)21(27)12-16)22(15-32)29-25(34)30-23-18(13-28)24(36-2)31-33(23)17-6-4-3-5-7-17/h3-9,12,19,22H,10-11,14-15H2,1-2H3,(H2,29,30,34). The Labute approximate surface area is 207 Å². The number of rotatable bonds is 8. The number of benzene rings is 2. The first kappa shape index (κ1) is 25.1. The Kier molecular flexibility index (Phi) is 7.77. The topological polar surface area (TPSA) is 104 Å². The molecule has 4 rings (SSSR count). The van der Waals surface area contributed by atoms with E-state index in [0.29, 0.717) is 37.5 Å². The van der Waals surface area contributed by atoms with Gasteiger partial charge in [0.2, 0.25) is 0 Å². The van der Waals surface area contributed by atoms with E-state index in [-0.39, 0.29) is 23.2 Å². The van der Waals surface area contributed by atoms with Crippen LogP contribution in [-0.2, 0) is 4.74 Å². The van der Waals surface area contributed by atoms with Gasteiger partial charge in [-0.05, 0) is 29.8 Å². The third-order valence-corrected chi connectivity index (χ3v) is 6.09. The number of hydrogen-bond acceptors (Lipinski definition) is 6. The molecule has 1 aromatic heterocycles. The van der Waals surface area contributed by atoms with E-state index in [1.165, 1.54) is 17.9 Å². The van der Waals surface area contributed by atoms with Crippen molar-refractivity contribution in [1.29, 1.82) is 5.26 Å². The Morgan fingerprint density at radius 1 is 1.17 bits per heavy atom. The molecule has 2 N–H and O–H groups in total. The monoisotopic (exact) mass is 496 g/mol. The maximum absolute atomic E-state index is 14.0. The Bertz CT molecular complexity index is 1260. The molecule has 1 saturated heterocycles. The molecule has 1 fully saturated rings. The van der Waals surface area contributed by atoms with E-state index < -0.39 is 23.7 Å². The van der Waals surface area contributed by atoms with Crippen molar-refractivity contribution < 1.29 is 23.0 Å². The highest BCUT2D eigenvalue weighted by atomic mass is 19.2. The van der Waals surface area contributed by atoms with E-state index in [2.05, 4.69) is 20.6 Å². The minimum absolute atomic E-state index is 0.0711. The second-order valence-corrected chi connectivity index (χ2v) is 8.33. The zero-order valence-electron chi connectivity index (χ0n) is 19.9. The Morgan fingerprint density at radius 2 is 1.94 bits per heavy atom. The summed E-state index contributed by atoms with van der Waals surface area (Å²) in [4.78, 5) is 15.2. The van der Waals surface area contributed by atoms with E-state index in [4.69, 9.17) is 9.47 Å². The highest BCUT2D eigenvalue weighted by Gasteiger charge is 2.35. The molecule has 36 heavy (non-hydrogen) atoms. The van der Waals surface area contributed by atoms with Crippen LogP contribution in [0.3, 0.4) is 0 Å². The van der Waals surface area contributed by atoms with Crippen LogP contribution in [0.5, 0.6) is 5.88 Å². The van der Waals surface area contributed by atoms with Gasteiger partial charge in [0.15, 0.2) is 23.0 Å². The van der Waals surface area contributed by atoms with Crippen molar-refractivity contribution in [2.45, 2.75) is 12.0 Å². The number of nitrogens with zero attached hydrogens (tertiary/aromatic N) is 4. The van der Waals surface area contributed by atoms with Crippen LogP contribution in [0.25, 0.3) is 5.69 Å². The summed E-state index contributed by atoms with van der Waals surface area (Å²) in [5.41, 5.74) is 1.27. The molecular formula is C25H26F2N6O3. The van der Waals surface area contributed by atoms with Crippen molar-refractivity contribution in [3.05, 3.63) is 71.3 Å². The number of carbonyl (C=O) groups is 1. The maximum atomic E-state index is 14.0. The van der Waals surface area contributed by atoms with Gasteiger partial charge in [-0.25, -0.2) is 18.3 Å². The molecule has 2 aromatic carbocycles. The average molecular weight is 497 g/mol. The number of hydrogen-bond donors (Lipinski definition) is 2. The van der Waals surface area contributed by atoms with E-state index in [0.717, 1.165) is 12.1 Å². The number of halogens is 2. The third kappa shape index (κ3) is 5.30. The average Bonchev–Trinajstić information content (AvgIpc) is 3.45. The normalized spacial score (nSPS) is 17.5. The van der Waals surface area contributed by atoms with Crippen molar-refractivity contribution in [1.82, 2.24) is 20.0 Å². The molecule has 2 unspecified atom stereocenters. The van der Waals surface area contributed by atoms with E-state index in [9.17, 15) is 18.8 Å². The van der Waals surface area contributed by atoms with E-state index in [1.807, 2.05) is 12.1 Å². The van der Waals surface area contributed by atoms with Gasteiger partial charge in [-0.1, -0.05) is 24.3 Å². The van der Waals surface area contributed by atoms with Gasteiger partial charge in [0, 0.05) is 32.7 Å². The van der Waals surface area contributed by atoms with E-state index >= 15 is 0 Å². The largest absolute Gasteiger partial charge is 0.479 e. The number of ether oxygens (including phenoxy) is 2. The van der Waals surface area contributed by atoms with Crippen LogP contribution in [0.1, 0.15) is 17.0 Å². The van der Waals surface area contributed by atoms with Crippen LogP contribution < -0.4 is 15.4 Å². The van der Waals surface area contributed by atoms with Crippen LogP contribution in [0.4, 0.5) is 19.4 Å². The summed E-state index contributed by atoms with van der Waals surface area (Å²) >= 11 is 0. The number of nitriles is 1. The summed E-state index contributed by atoms with van der Waals surface area (Å²) in [5.74, 6) is -1.93. The summed E-state index contributed by atoms with van der Waals surface area (Å²) < 4.78 is 39.3. The maximum Gasteiger partial charge on any atom is 0.320 e. The number of nitrogens with one attached hydrogen (secondary N) is 2. The molecule has 0 radical (unpaired) electrons. The van der Waals surface area contributed by atoms with Gasteiger partial charge in [0.1, 0.15) is 6.07 Å². The molecule has 3 aromatic rings. The Morgan fingerprint density at radius 3 is 2.61 bits per heavy atom. The number of anilines is 1. The van der Waals surface area contributed by atoms with Crippen LogP contribution in [-0.4, -0.2) is 67.2 Å². The number of aromatic nitrogens is 2. The van der Waals surface area contributed by atoms with Crippen molar-refractivity contribution in [2.75, 3.05) is 45.8 Å². The van der Waals surface area contributed by atoms with E-state index in [1.54, 1.807) is 31.4 Å². The quantitative estimate of drug-likeness (QED) is 0.496. The molecule has 1 aliphatic heterocycles. The Balaban J connectivity index is 1.59. The Hall–Kier alpha value is -4.01. The SMILES string of the molecule is COCCN1CC(NC(=O)Nc2c(C#N)c(OC)nn2-c2ccccc2)C(c2ccc(F)c(F)c2)C1.